The van der Waals surface area contributed by atoms with Crippen molar-refractivity contribution in [3.8, 4) is 0 Å². The van der Waals surface area contributed by atoms with Gasteiger partial charge in [-0.05, 0) is 62.7 Å². The summed E-state index contributed by atoms with van der Waals surface area (Å²) < 4.78 is 12.0. The number of rotatable bonds is 3. The molecular weight excluding hydrogens is 456 g/mol. The molecule has 1 saturated heterocycles. The second-order valence-electron chi connectivity index (χ2n) is 12.7. The number of hydrogen-bond donors (Lipinski definition) is 6. The summed E-state index contributed by atoms with van der Waals surface area (Å²) in [4.78, 5) is 13.6. The van der Waals surface area contributed by atoms with E-state index in [2.05, 4.69) is 6.58 Å². The lowest BCUT2D eigenvalue weighted by Gasteiger charge is -2.59. The minimum Gasteiger partial charge on any atom is -0.394 e. The normalized spacial score (nSPS) is 55.4. The molecule has 4 saturated carbocycles. The van der Waals surface area contributed by atoms with Gasteiger partial charge in [-0.2, -0.15) is 0 Å². The van der Waals surface area contributed by atoms with E-state index in [0.29, 0.717) is 12.8 Å². The topological polar surface area (TPSA) is 157 Å². The summed E-state index contributed by atoms with van der Waals surface area (Å²) in [5.41, 5.74) is -3.04. The van der Waals surface area contributed by atoms with Gasteiger partial charge in [-0.25, -0.2) is 0 Å². The standard InChI is InChI=1S/C26H40O9/c1-12-14-6-5-13-8-25(14,11-26(33)15(12)7-17(28)23(2,3)22(26)32)10-24(13,4)35-21-20(31)19(30)18(29)16(9-27)34-21/h13-21,27-31,33H,1,5-11H2,2-4H3/t13-,14+,15-,16-,17+,18-,19+,20-,21+,24-,25+,26+/m1/s1. The Morgan fingerprint density at radius 1 is 1.03 bits per heavy atom. The van der Waals surface area contributed by atoms with Gasteiger partial charge in [-0.3, -0.25) is 4.79 Å². The molecular formula is C26H40O9. The number of carbonyl (C=O) groups excluding carboxylic acids is 1. The van der Waals surface area contributed by atoms with Gasteiger partial charge in [-0.15, -0.1) is 0 Å². The predicted octanol–water partition coefficient (Wildman–Crippen LogP) is 0.0351. The van der Waals surface area contributed by atoms with Crippen molar-refractivity contribution in [3.05, 3.63) is 12.2 Å². The fraction of sp³-hybridized carbons (Fsp3) is 0.885. The minimum atomic E-state index is -1.60. The molecule has 0 amide bonds. The molecule has 0 unspecified atom stereocenters. The van der Waals surface area contributed by atoms with E-state index >= 15 is 0 Å². The fourth-order valence-corrected chi connectivity index (χ4v) is 8.40. The highest BCUT2D eigenvalue weighted by Gasteiger charge is 2.70. The smallest absolute Gasteiger partial charge is 0.187 e. The molecule has 35 heavy (non-hydrogen) atoms. The van der Waals surface area contributed by atoms with Gasteiger partial charge in [0.15, 0.2) is 12.1 Å². The second-order valence-corrected chi connectivity index (χ2v) is 12.7. The van der Waals surface area contributed by atoms with E-state index in [1.807, 2.05) is 6.92 Å². The summed E-state index contributed by atoms with van der Waals surface area (Å²) in [5.74, 6) is -0.682. The summed E-state index contributed by atoms with van der Waals surface area (Å²) in [6.07, 6.45) is -4.15. The molecule has 0 aromatic carbocycles. The van der Waals surface area contributed by atoms with Crippen molar-refractivity contribution >= 4 is 5.78 Å². The fourth-order valence-electron chi connectivity index (χ4n) is 8.40. The first-order chi connectivity index (χ1) is 16.2. The molecule has 0 aromatic rings. The second kappa shape index (κ2) is 8.04. The number of hydrogen-bond acceptors (Lipinski definition) is 9. The first-order valence-corrected chi connectivity index (χ1v) is 12.8. The zero-order chi connectivity index (χ0) is 25.7. The molecule has 1 heterocycles. The lowest BCUT2D eigenvalue weighted by molar-refractivity contribution is -0.329. The molecule has 6 N–H and O–H groups in total. The Morgan fingerprint density at radius 3 is 2.37 bits per heavy atom. The SMILES string of the molecule is C=C1[C@H]2C[C@H](O)C(C)(C)C(=O)[C@]2(O)C[C@@]23C[C@@H](CC[C@@H]12)[C@](C)(O[C@@H]1O[C@H](CO)[C@@H](O)[C@H](O)[C@H]1O)C3. The summed E-state index contributed by atoms with van der Waals surface area (Å²) in [5, 5.41) is 63.0. The van der Waals surface area contributed by atoms with Crippen LogP contribution in [0.5, 0.6) is 0 Å². The highest BCUT2D eigenvalue weighted by molar-refractivity contribution is 5.94. The summed E-state index contributed by atoms with van der Waals surface area (Å²) in [6, 6.07) is 0. The lowest BCUT2D eigenvalue weighted by atomic mass is 9.46. The van der Waals surface area contributed by atoms with Gasteiger partial charge in [0.1, 0.15) is 30.0 Å². The summed E-state index contributed by atoms with van der Waals surface area (Å²) >= 11 is 0. The van der Waals surface area contributed by atoms with Gasteiger partial charge < -0.3 is 40.1 Å². The van der Waals surface area contributed by atoms with E-state index in [0.717, 1.165) is 24.8 Å². The van der Waals surface area contributed by atoms with Gasteiger partial charge in [0.05, 0.1) is 23.7 Å². The zero-order valence-electron chi connectivity index (χ0n) is 20.8. The number of carbonyl (C=O) groups is 1. The number of ether oxygens (including phenoxy) is 2. The van der Waals surface area contributed by atoms with Crippen molar-refractivity contribution in [2.24, 2.45) is 28.6 Å². The van der Waals surface area contributed by atoms with Gasteiger partial charge in [-0.1, -0.05) is 26.0 Å². The Morgan fingerprint density at radius 2 is 1.71 bits per heavy atom. The van der Waals surface area contributed by atoms with Crippen LogP contribution in [0.2, 0.25) is 0 Å². The number of aliphatic hydroxyl groups is 6. The maximum atomic E-state index is 13.6. The number of fused-ring (bicyclic) bond motifs is 2. The predicted molar refractivity (Wildman–Crippen MR) is 123 cm³/mol. The van der Waals surface area contributed by atoms with Crippen molar-refractivity contribution in [2.45, 2.75) is 107 Å². The molecule has 198 valence electrons. The lowest BCUT2D eigenvalue weighted by Crippen LogP contribution is -2.66. The van der Waals surface area contributed by atoms with Gasteiger partial charge >= 0.3 is 0 Å². The molecule has 12 atom stereocenters. The molecule has 1 aliphatic heterocycles. The first kappa shape index (κ1) is 25.7. The minimum absolute atomic E-state index is 0.0661. The van der Waals surface area contributed by atoms with Crippen LogP contribution in [0.4, 0.5) is 0 Å². The van der Waals surface area contributed by atoms with Crippen LogP contribution in [0.3, 0.4) is 0 Å². The van der Waals surface area contributed by atoms with E-state index in [1.165, 1.54) is 0 Å². The Labute approximate surface area is 205 Å². The molecule has 4 aliphatic carbocycles. The molecule has 5 rings (SSSR count). The molecule has 5 aliphatic rings. The van der Waals surface area contributed by atoms with Crippen LogP contribution in [-0.4, -0.2) is 91.0 Å². The van der Waals surface area contributed by atoms with Gasteiger partial charge in [0, 0.05) is 5.92 Å². The molecule has 2 bridgehead atoms. The van der Waals surface area contributed by atoms with Crippen LogP contribution in [0.15, 0.2) is 12.2 Å². The van der Waals surface area contributed by atoms with E-state index < -0.39 is 71.4 Å². The summed E-state index contributed by atoms with van der Waals surface area (Å²) in [7, 11) is 0. The van der Waals surface area contributed by atoms with E-state index in [1.54, 1.807) is 13.8 Å². The van der Waals surface area contributed by atoms with Crippen LogP contribution in [0, 0.1) is 28.6 Å². The number of aliphatic hydroxyl groups excluding tert-OH is 5. The Bertz CT molecular complexity index is 903. The Balaban J connectivity index is 1.44. The largest absolute Gasteiger partial charge is 0.394 e. The van der Waals surface area contributed by atoms with Crippen LogP contribution >= 0.6 is 0 Å². The molecule has 0 aromatic heterocycles. The van der Waals surface area contributed by atoms with Crippen molar-refractivity contribution in [3.63, 3.8) is 0 Å². The van der Waals surface area contributed by atoms with Crippen molar-refractivity contribution < 1.29 is 44.9 Å². The maximum Gasteiger partial charge on any atom is 0.187 e. The third-order valence-corrected chi connectivity index (χ3v) is 10.4. The van der Waals surface area contributed by atoms with Crippen LogP contribution in [0.25, 0.3) is 0 Å². The third kappa shape index (κ3) is 3.46. The van der Waals surface area contributed by atoms with Crippen LogP contribution < -0.4 is 0 Å². The zero-order valence-corrected chi connectivity index (χ0v) is 20.8. The number of Topliss-reactive ketones (excluding diaryl/α,β-unsaturated/α-hetero) is 1. The van der Waals surface area contributed by atoms with Gasteiger partial charge in [0.25, 0.3) is 0 Å². The Kier molecular flexibility index (Phi) is 5.91. The van der Waals surface area contributed by atoms with E-state index in [4.69, 9.17) is 9.47 Å². The molecule has 1 spiro atoms. The van der Waals surface area contributed by atoms with Gasteiger partial charge in [0.2, 0.25) is 0 Å². The molecule has 9 nitrogen and oxygen atoms in total. The van der Waals surface area contributed by atoms with Crippen molar-refractivity contribution in [2.75, 3.05) is 6.61 Å². The maximum absolute atomic E-state index is 13.6. The van der Waals surface area contributed by atoms with Crippen molar-refractivity contribution in [1.29, 1.82) is 0 Å². The quantitative estimate of drug-likeness (QED) is 0.297. The first-order valence-electron chi connectivity index (χ1n) is 12.8. The Hall–Kier alpha value is -0.910. The third-order valence-electron chi connectivity index (χ3n) is 10.4. The van der Waals surface area contributed by atoms with E-state index in [9.17, 15) is 35.4 Å². The molecule has 0 radical (unpaired) electrons. The highest BCUT2D eigenvalue weighted by atomic mass is 16.7. The highest BCUT2D eigenvalue weighted by Crippen LogP contribution is 2.69. The molecule has 9 heteroatoms. The van der Waals surface area contributed by atoms with Crippen molar-refractivity contribution in [1.82, 2.24) is 0 Å². The summed E-state index contributed by atoms with van der Waals surface area (Å²) in [6.45, 7) is 9.13. The monoisotopic (exact) mass is 496 g/mol. The average Bonchev–Trinajstić information content (AvgIpc) is 3.00. The van der Waals surface area contributed by atoms with E-state index in [-0.39, 0.29) is 24.0 Å². The van der Waals surface area contributed by atoms with Crippen LogP contribution in [-0.2, 0) is 14.3 Å². The average molecular weight is 497 g/mol. The van der Waals surface area contributed by atoms with Crippen LogP contribution in [0.1, 0.15) is 59.3 Å². The number of ketones is 1. The molecule has 5 fully saturated rings.